The molecule has 2 aromatic carbocycles. The molecule has 1 heterocycles. The van der Waals surface area contributed by atoms with Crippen LogP contribution in [-0.4, -0.2) is 42.5 Å². The van der Waals surface area contributed by atoms with Crippen molar-refractivity contribution >= 4 is 11.8 Å². The molecular formula is C24H30N2O3. The van der Waals surface area contributed by atoms with Crippen LogP contribution in [0.15, 0.2) is 48.5 Å². The Bertz CT molecular complexity index is 842. The predicted molar refractivity (Wildman–Crippen MR) is 114 cm³/mol. The summed E-state index contributed by atoms with van der Waals surface area (Å²) in [6.07, 6.45) is 2.73. The Morgan fingerprint density at radius 1 is 1.00 bits per heavy atom. The third-order valence-electron chi connectivity index (χ3n) is 5.42. The number of hydrogen-bond donors (Lipinski definition) is 1. The minimum absolute atomic E-state index is 0.0575. The Labute approximate surface area is 173 Å². The second-order valence-electron chi connectivity index (χ2n) is 7.67. The van der Waals surface area contributed by atoms with Gasteiger partial charge in [0.2, 0.25) is 5.91 Å². The monoisotopic (exact) mass is 394 g/mol. The maximum Gasteiger partial charge on any atom is 0.254 e. The first-order chi connectivity index (χ1) is 14.0. The molecule has 0 aromatic heterocycles. The van der Waals surface area contributed by atoms with E-state index in [9.17, 15) is 9.59 Å². The molecule has 0 saturated carbocycles. The molecule has 5 nitrogen and oxygen atoms in total. The van der Waals surface area contributed by atoms with Gasteiger partial charge in [0.1, 0.15) is 5.75 Å². The summed E-state index contributed by atoms with van der Waals surface area (Å²) in [5.74, 6) is 1.02. The Kier molecular flexibility index (Phi) is 7.28. The van der Waals surface area contributed by atoms with E-state index in [-0.39, 0.29) is 17.9 Å². The van der Waals surface area contributed by atoms with Crippen LogP contribution in [0, 0.1) is 13.8 Å². The van der Waals surface area contributed by atoms with E-state index in [0.717, 1.165) is 35.3 Å². The molecule has 1 saturated heterocycles. The van der Waals surface area contributed by atoms with Crippen molar-refractivity contribution in [3.63, 3.8) is 0 Å². The number of nitrogens with zero attached hydrogens (tertiary/aromatic N) is 1. The first kappa shape index (κ1) is 20.9. The highest BCUT2D eigenvalue weighted by atomic mass is 16.5. The highest BCUT2D eigenvalue weighted by molar-refractivity contribution is 5.95. The van der Waals surface area contributed by atoms with Gasteiger partial charge >= 0.3 is 0 Å². The number of likely N-dealkylation sites (tertiary alicyclic amines) is 1. The standard InChI is InChI=1S/C24H30N2O3/c1-18-8-3-5-10-21(18)24(28)26-15-13-20(14-16-26)25-23(27)12-7-17-29-22-11-6-4-9-19(22)2/h3-6,8-11,20H,7,12-17H2,1-2H3,(H,25,27). The normalized spacial score (nSPS) is 14.5. The van der Waals surface area contributed by atoms with E-state index < -0.39 is 0 Å². The molecular weight excluding hydrogens is 364 g/mol. The van der Waals surface area contributed by atoms with Crippen molar-refractivity contribution in [3.8, 4) is 5.75 Å². The molecule has 2 aromatic rings. The summed E-state index contributed by atoms with van der Waals surface area (Å²) in [5, 5.41) is 3.11. The molecule has 0 unspecified atom stereocenters. The summed E-state index contributed by atoms with van der Waals surface area (Å²) in [6.45, 7) is 5.85. The summed E-state index contributed by atoms with van der Waals surface area (Å²) >= 11 is 0. The van der Waals surface area contributed by atoms with Gasteiger partial charge in [0.25, 0.3) is 5.91 Å². The molecule has 2 amide bonds. The Hall–Kier alpha value is -2.82. The number of rotatable bonds is 7. The van der Waals surface area contributed by atoms with Crippen molar-refractivity contribution < 1.29 is 14.3 Å². The predicted octanol–water partition coefficient (Wildman–Crippen LogP) is 3.88. The number of ether oxygens (including phenoxy) is 1. The van der Waals surface area contributed by atoms with Crippen LogP contribution < -0.4 is 10.1 Å². The molecule has 0 bridgehead atoms. The van der Waals surface area contributed by atoms with Gasteiger partial charge in [-0.2, -0.15) is 0 Å². The number of piperidine rings is 1. The maximum absolute atomic E-state index is 12.7. The summed E-state index contributed by atoms with van der Waals surface area (Å²) in [5.41, 5.74) is 2.87. The molecule has 29 heavy (non-hydrogen) atoms. The van der Waals surface area contributed by atoms with Crippen LogP contribution in [0.25, 0.3) is 0 Å². The van der Waals surface area contributed by atoms with Crippen LogP contribution in [0.2, 0.25) is 0 Å². The maximum atomic E-state index is 12.7. The molecule has 0 aliphatic carbocycles. The minimum atomic E-state index is 0.0575. The molecule has 154 valence electrons. The fraction of sp³-hybridized carbons (Fsp3) is 0.417. The van der Waals surface area contributed by atoms with E-state index >= 15 is 0 Å². The number of aryl methyl sites for hydroxylation is 2. The molecule has 1 aliphatic heterocycles. The summed E-state index contributed by atoms with van der Waals surface area (Å²) in [6, 6.07) is 15.7. The fourth-order valence-electron chi connectivity index (χ4n) is 3.64. The van der Waals surface area contributed by atoms with Gasteiger partial charge in [-0.1, -0.05) is 36.4 Å². The van der Waals surface area contributed by atoms with Crippen LogP contribution in [0.4, 0.5) is 0 Å². The number of hydrogen-bond acceptors (Lipinski definition) is 3. The summed E-state index contributed by atoms with van der Waals surface area (Å²) in [7, 11) is 0. The lowest BCUT2D eigenvalue weighted by atomic mass is 10.0. The first-order valence-corrected chi connectivity index (χ1v) is 10.4. The SMILES string of the molecule is Cc1ccccc1OCCCC(=O)NC1CCN(C(=O)c2ccccc2C)CC1. The van der Waals surface area contributed by atoms with Crippen LogP contribution in [0.1, 0.15) is 47.2 Å². The number of carbonyl (C=O) groups excluding carboxylic acids is 2. The lowest BCUT2D eigenvalue weighted by molar-refractivity contribution is -0.122. The fourth-order valence-corrected chi connectivity index (χ4v) is 3.64. The third-order valence-corrected chi connectivity index (χ3v) is 5.42. The minimum Gasteiger partial charge on any atom is -0.493 e. The molecule has 0 atom stereocenters. The van der Waals surface area contributed by atoms with Crippen molar-refractivity contribution in [2.75, 3.05) is 19.7 Å². The van der Waals surface area contributed by atoms with E-state index in [2.05, 4.69) is 5.32 Å². The summed E-state index contributed by atoms with van der Waals surface area (Å²) in [4.78, 5) is 26.8. The Balaban J connectivity index is 1.36. The lowest BCUT2D eigenvalue weighted by Crippen LogP contribution is -2.46. The van der Waals surface area contributed by atoms with Gasteiger partial charge in [0.05, 0.1) is 6.61 Å². The molecule has 0 spiro atoms. The lowest BCUT2D eigenvalue weighted by Gasteiger charge is -2.32. The second-order valence-corrected chi connectivity index (χ2v) is 7.67. The van der Waals surface area contributed by atoms with Crippen LogP contribution in [-0.2, 0) is 4.79 Å². The average Bonchev–Trinajstić information content (AvgIpc) is 2.73. The van der Waals surface area contributed by atoms with Gasteiger partial charge < -0.3 is 15.0 Å². The number of benzene rings is 2. The number of amides is 2. The molecule has 3 rings (SSSR count). The smallest absolute Gasteiger partial charge is 0.254 e. The number of para-hydroxylation sites is 1. The number of carbonyl (C=O) groups is 2. The largest absolute Gasteiger partial charge is 0.493 e. The van der Waals surface area contributed by atoms with Crippen molar-refractivity contribution in [1.29, 1.82) is 0 Å². The quantitative estimate of drug-likeness (QED) is 0.725. The van der Waals surface area contributed by atoms with Gasteiger partial charge in [-0.25, -0.2) is 0 Å². The van der Waals surface area contributed by atoms with Crippen LogP contribution >= 0.6 is 0 Å². The van der Waals surface area contributed by atoms with Gasteiger partial charge in [0.15, 0.2) is 0 Å². The van der Waals surface area contributed by atoms with Gasteiger partial charge in [-0.3, -0.25) is 9.59 Å². The van der Waals surface area contributed by atoms with Crippen LogP contribution in [0.5, 0.6) is 5.75 Å². The number of nitrogens with one attached hydrogen (secondary N) is 1. The van der Waals surface area contributed by atoms with E-state index in [1.54, 1.807) is 0 Å². The third kappa shape index (κ3) is 5.83. The van der Waals surface area contributed by atoms with Gasteiger partial charge in [-0.05, 0) is 56.4 Å². The second kappa shape index (κ2) is 10.1. The first-order valence-electron chi connectivity index (χ1n) is 10.4. The van der Waals surface area contributed by atoms with E-state index in [1.807, 2.05) is 67.3 Å². The zero-order chi connectivity index (χ0) is 20.6. The van der Waals surface area contributed by atoms with E-state index in [0.29, 0.717) is 32.5 Å². The zero-order valence-corrected chi connectivity index (χ0v) is 17.3. The van der Waals surface area contributed by atoms with Crippen LogP contribution in [0.3, 0.4) is 0 Å². The van der Waals surface area contributed by atoms with Gasteiger partial charge in [-0.15, -0.1) is 0 Å². The van der Waals surface area contributed by atoms with Crippen molar-refractivity contribution in [2.45, 2.75) is 45.6 Å². The average molecular weight is 395 g/mol. The molecule has 1 aliphatic rings. The van der Waals surface area contributed by atoms with Gasteiger partial charge in [0, 0.05) is 31.1 Å². The highest BCUT2D eigenvalue weighted by Crippen LogP contribution is 2.18. The van der Waals surface area contributed by atoms with E-state index in [1.165, 1.54) is 0 Å². The Morgan fingerprint density at radius 3 is 2.34 bits per heavy atom. The summed E-state index contributed by atoms with van der Waals surface area (Å²) < 4.78 is 5.75. The molecule has 1 fully saturated rings. The van der Waals surface area contributed by atoms with E-state index in [4.69, 9.17) is 4.74 Å². The van der Waals surface area contributed by atoms with Crippen molar-refractivity contribution in [2.24, 2.45) is 0 Å². The topological polar surface area (TPSA) is 58.6 Å². The molecule has 5 heteroatoms. The molecule has 0 radical (unpaired) electrons. The molecule has 1 N–H and O–H groups in total. The van der Waals surface area contributed by atoms with Crippen molar-refractivity contribution in [1.82, 2.24) is 10.2 Å². The van der Waals surface area contributed by atoms with Crippen molar-refractivity contribution in [3.05, 3.63) is 65.2 Å². The highest BCUT2D eigenvalue weighted by Gasteiger charge is 2.25. The zero-order valence-electron chi connectivity index (χ0n) is 17.3. The Morgan fingerprint density at radius 2 is 1.66 bits per heavy atom.